The first kappa shape index (κ1) is 16.7. The number of rotatable bonds is 3. The predicted molar refractivity (Wildman–Crippen MR) is 96.7 cm³/mol. The van der Waals surface area contributed by atoms with E-state index in [-0.39, 0.29) is 18.1 Å². The van der Waals surface area contributed by atoms with E-state index in [1.54, 1.807) is 12.4 Å². The maximum Gasteiger partial charge on any atom is 0.254 e. The molecular formula is C19H21N5O2. The van der Waals surface area contributed by atoms with Crippen LogP contribution in [-0.2, 0) is 0 Å². The van der Waals surface area contributed by atoms with Gasteiger partial charge in [-0.3, -0.25) is 4.79 Å². The van der Waals surface area contributed by atoms with Gasteiger partial charge >= 0.3 is 0 Å². The molecule has 0 saturated heterocycles. The Morgan fingerprint density at radius 3 is 2.65 bits per heavy atom. The fourth-order valence-electron chi connectivity index (χ4n) is 3.41. The summed E-state index contributed by atoms with van der Waals surface area (Å²) >= 11 is 0. The summed E-state index contributed by atoms with van der Waals surface area (Å²) in [5, 5.41) is 12.6. The van der Waals surface area contributed by atoms with Crippen molar-refractivity contribution in [2.24, 2.45) is 0 Å². The lowest BCUT2D eigenvalue weighted by atomic mass is 9.93. The lowest BCUT2D eigenvalue weighted by Gasteiger charge is -2.26. The number of carbonyl (C=O) groups is 1. The van der Waals surface area contributed by atoms with Crippen LogP contribution in [0.1, 0.15) is 41.9 Å². The highest BCUT2D eigenvalue weighted by Crippen LogP contribution is 2.22. The Morgan fingerprint density at radius 2 is 1.92 bits per heavy atom. The van der Waals surface area contributed by atoms with Crippen LogP contribution in [0.5, 0.6) is 0 Å². The quantitative estimate of drug-likeness (QED) is 0.754. The lowest BCUT2D eigenvalue weighted by Crippen LogP contribution is -2.38. The van der Waals surface area contributed by atoms with Gasteiger partial charge in [-0.15, -0.1) is 0 Å². The molecule has 26 heavy (non-hydrogen) atoms. The van der Waals surface area contributed by atoms with Crippen molar-refractivity contribution in [1.82, 2.24) is 24.7 Å². The number of aliphatic hydroxyl groups is 1. The number of fused-ring (bicyclic) bond motifs is 1. The summed E-state index contributed by atoms with van der Waals surface area (Å²) in [6.07, 6.45) is 7.85. The van der Waals surface area contributed by atoms with Gasteiger partial charge in [0.05, 0.1) is 17.2 Å². The number of nitrogens with zero attached hydrogens (tertiary/aromatic N) is 4. The number of nitrogens with one attached hydrogen (secondary N) is 1. The highest BCUT2D eigenvalue weighted by Gasteiger charge is 2.21. The SMILES string of the molecule is Cc1nc(-c2ncc(C(=O)NC3CCC(O)CC3)cn2)c2ccccn12. The number of imidazole rings is 1. The Bertz CT molecular complexity index is 927. The number of hydrogen-bond donors (Lipinski definition) is 2. The smallest absolute Gasteiger partial charge is 0.254 e. The van der Waals surface area contributed by atoms with E-state index in [9.17, 15) is 9.90 Å². The van der Waals surface area contributed by atoms with E-state index in [0.717, 1.165) is 37.0 Å². The van der Waals surface area contributed by atoms with Gasteiger partial charge in [0, 0.05) is 24.6 Å². The topological polar surface area (TPSA) is 92.4 Å². The molecule has 1 aliphatic carbocycles. The molecule has 4 rings (SSSR count). The fourth-order valence-corrected chi connectivity index (χ4v) is 3.41. The summed E-state index contributed by atoms with van der Waals surface area (Å²) in [7, 11) is 0. The highest BCUT2D eigenvalue weighted by molar-refractivity contribution is 5.94. The molecule has 1 amide bonds. The van der Waals surface area contributed by atoms with Crippen molar-refractivity contribution < 1.29 is 9.90 Å². The lowest BCUT2D eigenvalue weighted by molar-refractivity contribution is 0.0867. The second-order valence-corrected chi connectivity index (χ2v) is 6.74. The van der Waals surface area contributed by atoms with Crippen molar-refractivity contribution in [3.8, 4) is 11.5 Å². The number of aryl methyl sites for hydroxylation is 1. The molecule has 0 atom stereocenters. The molecule has 134 valence electrons. The Balaban J connectivity index is 1.52. The summed E-state index contributed by atoms with van der Waals surface area (Å²) in [6, 6.07) is 5.97. The zero-order valence-electron chi connectivity index (χ0n) is 14.6. The average Bonchev–Trinajstić information content (AvgIpc) is 3.01. The molecule has 3 aromatic heterocycles. The largest absolute Gasteiger partial charge is 0.393 e. The average molecular weight is 351 g/mol. The number of carbonyl (C=O) groups excluding carboxylic acids is 1. The number of hydrogen-bond acceptors (Lipinski definition) is 5. The minimum atomic E-state index is -0.237. The molecule has 7 nitrogen and oxygen atoms in total. The third-order valence-electron chi connectivity index (χ3n) is 4.88. The van der Waals surface area contributed by atoms with Crippen LogP contribution in [0, 0.1) is 6.92 Å². The molecule has 0 unspecified atom stereocenters. The number of pyridine rings is 1. The fraction of sp³-hybridized carbons (Fsp3) is 0.368. The van der Waals surface area contributed by atoms with Crippen molar-refractivity contribution in [3.63, 3.8) is 0 Å². The predicted octanol–water partition coefficient (Wildman–Crippen LogP) is 2.13. The van der Waals surface area contributed by atoms with Crippen LogP contribution in [0.2, 0.25) is 0 Å². The van der Waals surface area contributed by atoms with Crippen LogP contribution in [0.4, 0.5) is 0 Å². The third-order valence-corrected chi connectivity index (χ3v) is 4.88. The van der Waals surface area contributed by atoms with E-state index in [4.69, 9.17) is 0 Å². The molecule has 0 aliphatic heterocycles. The van der Waals surface area contributed by atoms with Crippen LogP contribution >= 0.6 is 0 Å². The zero-order valence-corrected chi connectivity index (χ0v) is 14.6. The monoisotopic (exact) mass is 351 g/mol. The maximum atomic E-state index is 12.4. The molecule has 0 spiro atoms. The van der Waals surface area contributed by atoms with E-state index >= 15 is 0 Å². The van der Waals surface area contributed by atoms with E-state index in [0.29, 0.717) is 17.1 Å². The van der Waals surface area contributed by atoms with Crippen molar-refractivity contribution in [2.75, 3.05) is 0 Å². The van der Waals surface area contributed by atoms with Gasteiger partial charge in [-0.05, 0) is 44.7 Å². The van der Waals surface area contributed by atoms with Crippen LogP contribution in [0.25, 0.3) is 17.0 Å². The minimum Gasteiger partial charge on any atom is -0.393 e. The second-order valence-electron chi connectivity index (χ2n) is 6.74. The summed E-state index contributed by atoms with van der Waals surface area (Å²) in [5.41, 5.74) is 2.07. The Kier molecular flexibility index (Phi) is 4.38. The second kappa shape index (κ2) is 6.84. The van der Waals surface area contributed by atoms with E-state index in [1.807, 2.05) is 35.7 Å². The Labute approximate surface area is 151 Å². The van der Waals surface area contributed by atoms with Crippen LogP contribution < -0.4 is 5.32 Å². The molecule has 3 heterocycles. The zero-order chi connectivity index (χ0) is 18.1. The van der Waals surface area contributed by atoms with Crippen LogP contribution in [0.15, 0.2) is 36.8 Å². The molecule has 0 radical (unpaired) electrons. The van der Waals surface area contributed by atoms with Crippen molar-refractivity contribution in [1.29, 1.82) is 0 Å². The molecule has 0 bridgehead atoms. The number of aliphatic hydroxyl groups excluding tert-OH is 1. The van der Waals surface area contributed by atoms with Crippen LogP contribution in [0.3, 0.4) is 0 Å². The molecule has 0 aromatic carbocycles. The molecule has 7 heteroatoms. The number of aromatic nitrogens is 4. The molecule has 2 N–H and O–H groups in total. The van der Waals surface area contributed by atoms with E-state index < -0.39 is 0 Å². The summed E-state index contributed by atoms with van der Waals surface area (Å²) < 4.78 is 1.98. The minimum absolute atomic E-state index is 0.102. The third kappa shape index (κ3) is 3.17. The van der Waals surface area contributed by atoms with Crippen molar-refractivity contribution >= 4 is 11.4 Å². The standard InChI is InChI=1S/C19H21N5O2/c1-12-22-17(16-4-2-3-9-24(12)16)18-20-10-13(11-21-18)19(26)23-14-5-7-15(25)8-6-14/h2-4,9-11,14-15,25H,5-8H2,1H3,(H,23,26). The first-order valence-corrected chi connectivity index (χ1v) is 8.87. The molecule has 3 aromatic rings. The van der Waals surface area contributed by atoms with E-state index in [2.05, 4.69) is 20.3 Å². The van der Waals surface area contributed by atoms with Gasteiger partial charge in [-0.1, -0.05) is 6.07 Å². The van der Waals surface area contributed by atoms with Gasteiger partial charge in [0.1, 0.15) is 11.5 Å². The molecule has 1 fully saturated rings. The summed E-state index contributed by atoms with van der Waals surface area (Å²) in [5.74, 6) is 1.18. The molecule has 1 aliphatic rings. The normalized spacial score (nSPS) is 20.2. The highest BCUT2D eigenvalue weighted by atomic mass is 16.3. The first-order valence-electron chi connectivity index (χ1n) is 8.87. The van der Waals surface area contributed by atoms with Gasteiger partial charge in [-0.2, -0.15) is 0 Å². The maximum absolute atomic E-state index is 12.4. The first-order chi connectivity index (χ1) is 12.6. The van der Waals surface area contributed by atoms with Gasteiger partial charge in [-0.25, -0.2) is 15.0 Å². The Morgan fingerprint density at radius 1 is 1.19 bits per heavy atom. The van der Waals surface area contributed by atoms with Crippen molar-refractivity contribution in [2.45, 2.75) is 44.8 Å². The van der Waals surface area contributed by atoms with E-state index in [1.165, 1.54) is 0 Å². The molecule has 1 saturated carbocycles. The molecular weight excluding hydrogens is 330 g/mol. The van der Waals surface area contributed by atoms with Crippen LogP contribution in [-0.4, -0.2) is 42.5 Å². The number of amides is 1. The van der Waals surface area contributed by atoms with Gasteiger partial charge in [0.15, 0.2) is 5.82 Å². The summed E-state index contributed by atoms with van der Waals surface area (Å²) in [4.78, 5) is 25.6. The van der Waals surface area contributed by atoms with Gasteiger partial charge < -0.3 is 14.8 Å². The Hall–Kier alpha value is -2.80. The summed E-state index contributed by atoms with van der Waals surface area (Å²) in [6.45, 7) is 1.93. The van der Waals surface area contributed by atoms with Crippen molar-refractivity contribution in [3.05, 3.63) is 48.2 Å². The van der Waals surface area contributed by atoms with Gasteiger partial charge in [0.2, 0.25) is 0 Å². The van der Waals surface area contributed by atoms with Gasteiger partial charge in [0.25, 0.3) is 5.91 Å².